The van der Waals surface area contributed by atoms with Gasteiger partial charge in [-0.05, 0) is 49.9 Å². The average molecular weight is 252 g/mol. The van der Waals surface area contributed by atoms with Gasteiger partial charge in [0.1, 0.15) is 0 Å². The lowest BCUT2D eigenvalue weighted by atomic mass is 9.89. The maximum Gasteiger partial charge on any atom is 0.0409 e. The summed E-state index contributed by atoms with van der Waals surface area (Å²) in [6.45, 7) is 3.36. The van der Waals surface area contributed by atoms with Gasteiger partial charge in [-0.3, -0.25) is 0 Å². The topological polar surface area (TPSA) is 12.0 Å². The third-order valence-electron chi connectivity index (χ3n) is 3.79. The minimum absolute atomic E-state index is 0.399. The molecule has 0 amide bonds. The minimum Gasteiger partial charge on any atom is -0.310 e. The van der Waals surface area contributed by atoms with Crippen molar-refractivity contribution in [3.63, 3.8) is 0 Å². The highest BCUT2D eigenvalue weighted by Gasteiger charge is 2.14. The van der Waals surface area contributed by atoms with Gasteiger partial charge in [-0.25, -0.2) is 0 Å². The largest absolute Gasteiger partial charge is 0.310 e. The molecule has 2 rings (SSSR count). The summed E-state index contributed by atoms with van der Waals surface area (Å²) in [4.78, 5) is 0. The Balaban J connectivity index is 1.82. The van der Waals surface area contributed by atoms with Crippen LogP contribution in [0.2, 0.25) is 5.02 Å². The van der Waals surface area contributed by atoms with E-state index in [2.05, 4.69) is 24.4 Å². The van der Waals surface area contributed by atoms with Crippen molar-refractivity contribution in [3.05, 3.63) is 34.9 Å². The summed E-state index contributed by atoms with van der Waals surface area (Å²) in [7, 11) is 0. The van der Waals surface area contributed by atoms with E-state index in [1.54, 1.807) is 0 Å². The Hall–Kier alpha value is -0.530. The van der Waals surface area contributed by atoms with Crippen molar-refractivity contribution in [3.8, 4) is 0 Å². The lowest BCUT2D eigenvalue weighted by Gasteiger charge is -2.24. The lowest BCUT2D eigenvalue weighted by Crippen LogP contribution is -2.27. The maximum absolute atomic E-state index is 6.01. The van der Waals surface area contributed by atoms with Gasteiger partial charge in [-0.15, -0.1) is 0 Å². The summed E-state index contributed by atoms with van der Waals surface area (Å²) in [6, 6.07) is 8.55. The molecule has 1 aromatic carbocycles. The third-order valence-corrected chi connectivity index (χ3v) is 4.02. The normalized spacial score (nSPS) is 19.2. The van der Waals surface area contributed by atoms with E-state index in [0.717, 1.165) is 17.5 Å². The molecule has 1 N–H and O–H groups in total. The zero-order chi connectivity index (χ0) is 12.1. The summed E-state index contributed by atoms with van der Waals surface area (Å²) < 4.78 is 0. The number of benzene rings is 1. The van der Waals surface area contributed by atoms with Gasteiger partial charge in [0.25, 0.3) is 0 Å². The van der Waals surface area contributed by atoms with Crippen molar-refractivity contribution in [1.82, 2.24) is 5.32 Å². The van der Waals surface area contributed by atoms with Crippen molar-refractivity contribution < 1.29 is 0 Å². The molecule has 2 heteroatoms. The van der Waals surface area contributed by atoms with Crippen LogP contribution in [0.5, 0.6) is 0 Å². The molecule has 0 aromatic heterocycles. The number of halogens is 1. The van der Waals surface area contributed by atoms with E-state index in [1.165, 1.54) is 37.7 Å². The first-order valence-corrected chi connectivity index (χ1v) is 7.12. The van der Waals surface area contributed by atoms with Crippen LogP contribution in [-0.4, -0.2) is 6.54 Å². The van der Waals surface area contributed by atoms with Gasteiger partial charge in [-0.1, -0.05) is 43.0 Å². The molecule has 1 saturated carbocycles. The molecule has 1 aliphatic carbocycles. The number of hydrogen-bond acceptors (Lipinski definition) is 1. The molecule has 0 spiro atoms. The molecule has 0 radical (unpaired) electrons. The molecule has 1 aliphatic rings. The summed E-state index contributed by atoms with van der Waals surface area (Å²) >= 11 is 6.01. The van der Waals surface area contributed by atoms with E-state index in [4.69, 9.17) is 11.6 Å². The van der Waals surface area contributed by atoms with Crippen LogP contribution in [0, 0.1) is 5.92 Å². The summed E-state index contributed by atoms with van der Waals surface area (Å²) in [5, 5.41) is 4.46. The Morgan fingerprint density at radius 3 is 2.76 bits per heavy atom. The second-order valence-corrected chi connectivity index (χ2v) is 5.63. The Morgan fingerprint density at radius 1 is 1.29 bits per heavy atom. The van der Waals surface area contributed by atoms with Crippen molar-refractivity contribution in [2.75, 3.05) is 6.54 Å². The number of nitrogens with one attached hydrogen (secondary N) is 1. The summed E-state index contributed by atoms with van der Waals surface area (Å²) in [6.07, 6.45) is 7.06. The fourth-order valence-electron chi connectivity index (χ4n) is 2.63. The Kier molecular flexibility index (Phi) is 4.87. The van der Waals surface area contributed by atoms with Crippen LogP contribution in [0.1, 0.15) is 50.6 Å². The van der Waals surface area contributed by atoms with Crippen LogP contribution < -0.4 is 5.32 Å². The fraction of sp³-hybridized carbons (Fsp3) is 0.600. The second-order valence-electron chi connectivity index (χ2n) is 5.19. The van der Waals surface area contributed by atoms with E-state index >= 15 is 0 Å². The molecule has 0 bridgehead atoms. The Morgan fingerprint density at radius 2 is 2.06 bits per heavy atom. The minimum atomic E-state index is 0.399. The first-order chi connectivity index (χ1) is 8.25. The van der Waals surface area contributed by atoms with E-state index in [9.17, 15) is 0 Å². The molecule has 0 saturated heterocycles. The van der Waals surface area contributed by atoms with Crippen molar-refractivity contribution in [2.45, 2.75) is 45.1 Å². The predicted octanol–water partition coefficient (Wildman–Crippen LogP) is 4.57. The molecular formula is C15H22ClN. The van der Waals surface area contributed by atoms with Gasteiger partial charge in [0.15, 0.2) is 0 Å². The molecule has 0 unspecified atom stereocenters. The van der Waals surface area contributed by atoms with Crippen LogP contribution in [0.3, 0.4) is 0 Å². The zero-order valence-electron chi connectivity index (χ0n) is 10.6. The zero-order valence-corrected chi connectivity index (χ0v) is 11.3. The van der Waals surface area contributed by atoms with E-state index in [1.807, 2.05) is 12.1 Å². The summed E-state index contributed by atoms with van der Waals surface area (Å²) in [5.41, 5.74) is 1.29. The average Bonchev–Trinajstić information content (AvgIpc) is 2.37. The molecule has 1 fully saturated rings. The summed E-state index contributed by atoms with van der Waals surface area (Å²) in [5.74, 6) is 0.880. The van der Waals surface area contributed by atoms with E-state index < -0.39 is 0 Å². The van der Waals surface area contributed by atoms with Gasteiger partial charge in [0, 0.05) is 11.1 Å². The smallest absolute Gasteiger partial charge is 0.0409 e. The molecule has 1 nitrogen and oxygen atoms in total. The molecule has 17 heavy (non-hydrogen) atoms. The van der Waals surface area contributed by atoms with Crippen molar-refractivity contribution >= 4 is 11.6 Å². The highest BCUT2D eigenvalue weighted by atomic mass is 35.5. The van der Waals surface area contributed by atoms with Crippen LogP contribution in [0.25, 0.3) is 0 Å². The number of rotatable bonds is 4. The third kappa shape index (κ3) is 4.01. The first kappa shape index (κ1) is 12.9. The molecule has 0 aliphatic heterocycles. The quantitative estimate of drug-likeness (QED) is 0.827. The fourth-order valence-corrected chi connectivity index (χ4v) is 2.83. The van der Waals surface area contributed by atoms with Gasteiger partial charge in [0.2, 0.25) is 0 Å². The van der Waals surface area contributed by atoms with Gasteiger partial charge < -0.3 is 5.32 Å². The van der Waals surface area contributed by atoms with Gasteiger partial charge in [0.05, 0.1) is 0 Å². The van der Waals surface area contributed by atoms with Crippen LogP contribution in [0.15, 0.2) is 24.3 Å². The van der Waals surface area contributed by atoms with Crippen LogP contribution in [-0.2, 0) is 0 Å². The van der Waals surface area contributed by atoms with E-state index in [-0.39, 0.29) is 0 Å². The first-order valence-electron chi connectivity index (χ1n) is 6.74. The van der Waals surface area contributed by atoms with Crippen LogP contribution in [0.4, 0.5) is 0 Å². The van der Waals surface area contributed by atoms with Gasteiger partial charge in [-0.2, -0.15) is 0 Å². The van der Waals surface area contributed by atoms with Crippen LogP contribution >= 0.6 is 11.6 Å². The second kappa shape index (κ2) is 6.42. The number of hydrogen-bond donors (Lipinski definition) is 1. The van der Waals surface area contributed by atoms with Crippen molar-refractivity contribution in [1.29, 1.82) is 0 Å². The van der Waals surface area contributed by atoms with E-state index in [0.29, 0.717) is 6.04 Å². The Bertz CT molecular complexity index is 345. The van der Waals surface area contributed by atoms with Gasteiger partial charge >= 0.3 is 0 Å². The SMILES string of the molecule is C[C@H](NCC1CCCCC1)c1cccc(Cl)c1. The monoisotopic (exact) mass is 251 g/mol. The molecule has 1 atom stereocenters. The molecule has 0 heterocycles. The van der Waals surface area contributed by atoms with Crippen molar-refractivity contribution in [2.24, 2.45) is 5.92 Å². The Labute approximate surface area is 110 Å². The molecular weight excluding hydrogens is 230 g/mol. The highest BCUT2D eigenvalue weighted by Crippen LogP contribution is 2.24. The standard InChI is InChI=1S/C15H22ClN/c1-12(14-8-5-9-15(16)10-14)17-11-13-6-3-2-4-7-13/h5,8-10,12-13,17H,2-4,6-7,11H2,1H3/t12-/m0/s1. The highest BCUT2D eigenvalue weighted by molar-refractivity contribution is 6.30. The molecule has 94 valence electrons. The lowest BCUT2D eigenvalue weighted by molar-refractivity contribution is 0.331. The predicted molar refractivity (Wildman–Crippen MR) is 74.4 cm³/mol. The maximum atomic E-state index is 6.01. The molecule has 1 aromatic rings.